The molecule has 0 spiro atoms. The molecule has 0 aliphatic rings. The third-order valence-electron chi connectivity index (χ3n) is 4.28. The molecular weight excluding hydrogens is 420 g/mol. The summed E-state index contributed by atoms with van der Waals surface area (Å²) in [7, 11) is 4.02. The van der Waals surface area contributed by atoms with Crippen LogP contribution in [0.2, 0.25) is 5.15 Å². The van der Waals surface area contributed by atoms with E-state index in [-0.39, 0.29) is 28.4 Å². The van der Waals surface area contributed by atoms with Crippen molar-refractivity contribution in [3.05, 3.63) is 40.7 Å². The molecule has 1 amide bonds. The zero-order valence-electron chi connectivity index (χ0n) is 17.7. The number of halogens is 1. The lowest BCUT2D eigenvalue weighted by molar-refractivity contribution is 0.0971. The first kappa shape index (κ1) is 24.2. The second-order valence-corrected chi connectivity index (χ2v) is 7.50. The number of unbranched alkanes of at least 4 members (excludes halogenated alkanes) is 1. The highest BCUT2D eigenvalue weighted by molar-refractivity contribution is 6.31. The van der Waals surface area contributed by atoms with E-state index in [0.29, 0.717) is 13.2 Å². The molecule has 0 atom stereocenters. The van der Waals surface area contributed by atoms with E-state index in [2.05, 4.69) is 37.6 Å². The highest BCUT2D eigenvalue weighted by atomic mass is 35.5. The number of anilines is 2. The van der Waals surface area contributed by atoms with E-state index in [4.69, 9.17) is 33.2 Å². The fourth-order valence-electron chi connectivity index (χ4n) is 2.59. The first-order valence-electron chi connectivity index (χ1n) is 9.85. The minimum absolute atomic E-state index is 0.0598. The number of likely N-dealkylation sites (N-methyl/N-ethyl adjacent to an activating group) is 1. The first-order valence-corrected chi connectivity index (χ1v) is 10.2. The number of hydrogen-bond acceptors (Lipinski definition) is 8. The Morgan fingerprint density at radius 2 is 1.87 bits per heavy atom. The quantitative estimate of drug-likeness (QED) is 0.208. The lowest BCUT2D eigenvalue weighted by Crippen LogP contribution is -2.41. The average molecular weight is 449 g/mol. The van der Waals surface area contributed by atoms with Crippen molar-refractivity contribution in [2.45, 2.75) is 19.3 Å². The van der Waals surface area contributed by atoms with Gasteiger partial charge in [0.15, 0.2) is 28.4 Å². The zero-order valence-corrected chi connectivity index (χ0v) is 18.5. The number of carbonyl (C=O) groups excluding carboxylic acids is 1. The van der Waals surface area contributed by atoms with Crippen molar-refractivity contribution in [1.82, 2.24) is 25.5 Å². The Kier molecular flexibility index (Phi) is 9.29. The van der Waals surface area contributed by atoms with Gasteiger partial charge in [-0.2, -0.15) is 0 Å². The molecule has 0 aliphatic carbocycles. The Balaban J connectivity index is 1.65. The van der Waals surface area contributed by atoms with Crippen LogP contribution in [-0.2, 0) is 6.42 Å². The molecule has 1 heterocycles. The predicted molar refractivity (Wildman–Crippen MR) is 122 cm³/mol. The third kappa shape index (κ3) is 8.27. The number of nitrogens with two attached hydrogens (primary N) is 2. The van der Waals surface area contributed by atoms with Crippen LogP contribution >= 0.6 is 11.6 Å². The molecule has 0 saturated carbocycles. The van der Waals surface area contributed by atoms with Crippen LogP contribution in [0.5, 0.6) is 5.75 Å². The number of benzene rings is 1. The number of nitrogen functional groups attached to an aromatic ring is 2. The summed E-state index contributed by atoms with van der Waals surface area (Å²) in [6, 6.07) is 8.08. The van der Waals surface area contributed by atoms with Gasteiger partial charge in [-0.05, 0) is 51.1 Å². The standard InChI is InChI=1S/C20H29ClN8O2/c1-29(2)11-12-31-14-8-6-13(7-9-14)5-3-4-10-25-20(24)28-19(30)15-17(22)27-18(23)16(21)26-15/h6-9H,3-5,10-12H2,1-2H3,(H4,22,23,27)(H3,24,25,28,30). The maximum absolute atomic E-state index is 12.2. The Hall–Kier alpha value is -3.11. The van der Waals surface area contributed by atoms with E-state index in [1.165, 1.54) is 5.56 Å². The van der Waals surface area contributed by atoms with Crippen molar-refractivity contribution >= 4 is 35.1 Å². The van der Waals surface area contributed by atoms with Gasteiger partial charge in [-0.3, -0.25) is 15.5 Å². The molecule has 0 bridgehead atoms. The second-order valence-electron chi connectivity index (χ2n) is 7.14. The minimum atomic E-state index is -0.683. The van der Waals surface area contributed by atoms with E-state index in [1.54, 1.807) is 0 Å². The molecule has 11 heteroatoms. The van der Waals surface area contributed by atoms with Crippen LogP contribution in [0.15, 0.2) is 24.3 Å². The van der Waals surface area contributed by atoms with Gasteiger partial charge in [0.2, 0.25) is 0 Å². The topological polar surface area (TPSA) is 155 Å². The van der Waals surface area contributed by atoms with Crippen molar-refractivity contribution in [1.29, 1.82) is 5.41 Å². The van der Waals surface area contributed by atoms with Gasteiger partial charge >= 0.3 is 0 Å². The van der Waals surface area contributed by atoms with Crippen molar-refractivity contribution in [3.8, 4) is 5.75 Å². The molecule has 2 aromatic rings. The summed E-state index contributed by atoms with van der Waals surface area (Å²) in [4.78, 5) is 21.8. The van der Waals surface area contributed by atoms with Gasteiger partial charge in [0.25, 0.3) is 5.91 Å². The number of amides is 1. The van der Waals surface area contributed by atoms with Gasteiger partial charge in [-0.15, -0.1) is 0 Å². The van der Waals surface area contributed by atoms with Crippen molar-refractivity contribution in [2.24, 2.45) is 0 Å². The maximum Gasteiger partial charge on any atom is 0.280 e. The minimum Gasteiger partial charge on any atom is -0.492 e. The smallest absolute Gasteiger partial charge is 0.280 e. The molecule has 0 aliphatic heterocycles. The van der Waals surface area contributed by atoms with Gasteiger partial charge in [0.05, 0.1) is 0 Å². The van der Waals surface area contributed by atoms with Crippen LogP contribution in [0, 0.1) is 5.41 Å². The van der Waals surface area contributed by atoms with Gasteiger partial charge < -0.3 is 26.4 Å². The third-order valence-corrected chi connectivity index (χ3v) is 4.56. The SMILES string of the molecule is CN(C)CCOc1ccc(CCCCNC(=N)NC(=O)c2nc(Cl)c(N)nc2N)cc1. The Bertz CT molecular complexity index is 889. The number of carbonyl (C=O) groups is 1. The average Bonchev–Trinajstić information content (AvgIpc) is 2.71. The molecule has 7 N–H and O–H groups in total. The molecule has 2 rings (SSSR count). The number of ether oxygens (including phenoxy) is 1. The van der Waals surface area contributed by atoms with E-state index in [9.17, 15) is 4.79 Å². The second kappa shape index (κ2) is 11.9. The molecule has 1 aromatic carbocycles. The lowest BCUT2D eigenvalue weighted by Gasteiger charge is -2.11. The van der Waals surface area contributed by atoms with Gasteiger partial charge in [-0.1, -0.05) is 23.7 Å². The lowest BCUT2D eigenvalue weighted by atomic mass is 10.1. The number of guanidine groups is 1. The molecule has 10 nitrogen and oxygen atoms in total. The van der Waals surface area contributed by atoms with Crippen molar-refractivity contribution in [3.63, 3.8) is 0 Å². The predicted octanol–water partition coefficient (Wildman–Crippen LogP) is 1.51. The molecule has 168 valence electrons. The molecular formula is C20H29ClN8O2. The van der Waals surface area contributed by atoms with Crippen LogP contribution in [-0.4, -0.2) is 60.5 Å². The number of nitrogens with one attached hydrogen (secondary N) is 3. The highest BCUT2D eigenvalue weighted by Gasteiger charge is 2.16. The molecule has 0 radical (unpaired) electrons. The molecule has 0 saturated heterocycles. The number of aromatic nitrogens is 2. The fraction of sp³-hybridized carbons (Fsp3) is 0.400. The first-order chi connectivity index (χ1) is 14.8. The molecule has 31 heavy (non-hydrogen) atoms. The van der Waals surface area contributed by atoms with E-state index in [0.717, 1.165) is 31.6 Å². The number of aryl methyl sites for hydroxylation is 1. The largest absolute Gasteiger partial charge is 0.492 e. The molecule has 0 unspecified atom stereocenters. The summed E-state index contributed by atoms with van der Waals surface area (Å²) in [5.74, 6) is -0.184. The van der Waals surface area contributed by atoms with Gasteiger partial charge in [-0.25, -0.2) is 9.97 Å². The van der Waals surface area contributed by atoms with Crippen LogP contribution in [0.1, 0.15) is 28.9 Å². The number of rotatable bonds is 10. The summed E-state index contributed by atoms with van der Waals surface area (Å²) in [6.07, 6.45) is 2.67. The molecule has 0 fully saturated rings. The monoisotopic (exact) mass is 448 g/mol. The fourth-order valence-corrected chi connectivity index (χ4v) is 2.72. The normalized spacial score (nSPS) is 10.7. The summed E-state index contributed by atoms with van der Waals surface area (Å²) >= 11 is 5.77. The van der Waals surface area contributed by atoms with Crippen LogP contribution in [0.3, 0.4) is 0 Å². The summed E-state index contributed by atoms with van der Waals surface area (Å²) < 4.78 is 5.69. The van der Waals surface area contributed by atoms with Crippen LogP contribution in [0.25, 0.3) is 0 Å². The van der Waals surface area contributed by atoms with Crippen molar-refractivity contribution < 1.29 is 9.53 Å². The van der Waals surface area contributed by atoms with E-state index < -0.39 is 5.91 Å². The maximum atomic E-state index is 12.2. The summed E-state index contributed by atoms with van der Waals surface area (Å²) in [5, 5.41) is 12.9. The highest BCUT2D eigenvalue weighted by Crippen LogP contribution is 2.17. The van der Waals surface area contributed by atoms with Gasteiger partial charge in [0, 0.05) is 13.1 Å². The van der Waals surface area contributed by atoms with E-state index >= 15 is 0 Å². The summed E-state index contributed by atoms with van der Waals surface area (Å²) in [6.45, 7) is 2.07. The van der Waals surface area contributed by atoms with E-state index in [1.807, 2.05) is 26.2 Å². The molecule has 1 aromatic heterocycles. The Labute approximate surface area is 186 Å². The van der Waals surface area contributed by atoms with Crippen LogP contribution < -0.4 is 26.8 Å². The Morgan fingerprint density at radius 3 is 2.55 bits per heavy atom. The van der Waals surface area contributed by atoms with Crippen LogP contribution in [0.4, 0.5) is 11.6 Å². The number of nitrogens with zero attached hydrogens (tertiary/aromatic N) is 3. The Morgan fingerprint density at radius 1 is 1.16 bits per heavy atom. The zero-order chi connectivity index (χ0) is 22.8. The van der Waals surface area contributed by atoms with Gasteiger partial charge in [0.1, 0.15) is 12.4 Å². The number of hydrogen-bond donors (Lipinski definition) is 5. The van der Waals surface area contributed by atoms with Crippen molar-refractivity contribution in [2.75, 3.05) is 45.3 Å². The summed E-state index contributed by atoms with van der Waals surface area (Å²) in [5.41, 5.74) is 12.2.